The summed E-state index contributed by atoms with van der Waals surface area (Å²) in [4.78, 5) is 35.9. The summed E-state index contributed by atoms with van der Waals surface area (Å²) in [6, 6.07) is 5.35. The molecule has 13 heteroatoms. The average molecular weight is 536 g/mol. The zero-order valence-electron chi connectivity index (χ0n) is 20.0. The molecule has 0 radical (unpaired) electrons. The smallest absolute Gasteiger partial charge is 0.405 e. The van der Waals surface area contributed by atoms with E-state index in [1.165, 1.54) is 0 Å². The van der Waals surface area contributed by atoms with Crippen molar-refractivity contribution in [1.29, 1.82) is 0 Å². The molecule has 0 spiro atoms. The van der Waals surface area contributed by atoms with Crippen molar-refractivity contribution in [3.05, 3.63) is 34.9 Å². The molecule has 0 aromatic heterocycles. The maximum atomic E-state index is 12.7. The molecule has 0 aliphatic rings. The van der Waals surface area contributed by atoms with E-state index in [0.29, 0.717) is 24.3 Å². The van der Waals surface area contributed by atoms with E-state index in [1.807, 2.05) is 6.07 Å². The number of benzene rings is 1. The van der Waals surface area contributed by atoms with E-state index in [9.17, 15) is 24.1 Å². The van der Waals surface area contributed by atoms with Gasteiger partial charge in [0.1, 0.15) is 12.2 Å². The zero-order chi connectivity index (χ0) is 26.3. The minimum atomic E-state index is -3.49. The van der Waals surface area contributed by atoms with Gasteiger partial charge in [0.15, 0.2) is 0 Å². The van der Waals surface area contributed by atoms with Crippen LogP contribution in [0.3, 0.4) is 0 Å². The Morgan fingerprint density at radius 1 is 1.11 bits per heavy atom. The summed E-state index contributed by atoms with van der Waals surface area (Å²) in [7, 11) is -3.49. The van der Waals surface area contributed by atoms with Crippen molar-refractivity contribution in [2.45, 2.75) is 51.6 Å². The Morgan fingerprint density at radius 3 is 2.37 bits per heavy atom. The fraction of sp³-hybridized carbons (Fsp3) is 0.591. The quantitative estimate of drug-likeness (QED) is 0.150. The van der Waals surface area contributed by atoms with Gasteiger partial charge < -0.3 is 35.2 Å². The predicted octanol–water partition coefficient (Wildman–Crippen LogP) is 2.55. The van der Waals surface area contributed by atoms with Gasteiger partial charge in [-0.25, -0.2) is 4.79 Å². The molecule has 2 unspecified atom stereocenters. The summed E-state index contributed by atoms with van der Waals surface area (Å²) in [5.41, 5.74) is 0.813. The minimum Gasteiger partial charge on any atom is -0.465 e. The van der Waals surface area contributed by atoms with Crippen LogP contribution in [0.25, 0.3) is 0 Å². The number of hydrogen-bond acceptors (Lipinski definition) is 7. The van der Waals surface area contributed by atoms with Crippen LogP contribution in [0.15, 0.2) is 24.3 Å². The standard InChI is InChI=1S/C22H35ClN3O8P/c1-3-33-35(32,34-4-2)15-20(28)24-11-6-5-10-19(26-22(30)31)21(29)25-18(14-27)13-16-8-7-9-17(23)12-16/h7-9,12,18-19,26-27H,3-6,10-11,13-15H2,1-2H3,(H,24,28)(H,25,29)(H,30,31). The number of hydrogen-bond donors (Lipinski definition) is 5. The molecule has 35 heavy (non-hydrogen) atoms. The molecule has 0 aliphatic carbocycles. The molecule has 198 valence electrons. The molecular weight excluding hydrogens is 501 g/mol. The highest BCUT2D eigenvalue weighted by molar-refractivity contribution is 7.54. The summed E-state index contributed by atoms with van der Waals surface area (Å²) < 4.78 is 22.6. The van der Waals surface area contributed by atoms with Gasteiger partial charge in [0.25, 0.3) is 0 Å². The monoisotopic (exact) mass is 535 g/mol. The van der Waals surface area contributed by atoms with E-state index in [2.05, 4.69) is 16.0 Å². The second-order valence-corrected chi connectivity index (χ2v) is 10.2. The Balaban J connectivity index is 2.53. The number of carbonyl (C=O) groups is 3. The van der Waals surface area contributed by atoms with Crippen molar-refractivity contribution in [1.82, 2.24) is 16.0 Å². The van der Waals surface area contributed by atoms with Crippen LogP contribution in [0.2, 0.25) is 5.02 Å². The van der Waals surface area contributed by atoms with Gasteiger partial charge in [0, 0.05) is 11.6 Å². The van der Waals surface area contributed by atoms with Gasteiger partial charge in [-0.05, 0) is 57.2 Å². The average Bonchev–Trinajstić information content (AvgIpc) is 2.77. The SMILES string of the molecule is CCOP(=O)(CC(=O)NCCCCC(NC(=O)O)C(=O)NC(CO)Cc1cccc(Cl)c1)OCC. The number of carbonyl (C=O) groups excluding carboxylic acids is 2. The molecule has 1 aromatic rings. The Hall–Kier alpha value is -2.17. The van der Waals surface area contributed by atoms with Crippen molar-refractivity contribution in [3.63, 3.8) is 0 Å². The summed E-state index contributed by atoms with van der Waals surface area (Å²) in [6.07, 6.45) is -0.366. The number of halogens is 1. The van der Waals surface area contributed by atoms with Crippen LogP contribution in [0.4, 0.5) is 4.79 Å². The van der Waals surface area contributed by atoms with E-state index in [0.717, 1.165) is 5.56 Å². The Labute approximate surface area is 210 Å². The van der Waals surface area contributed by atoms with E-state index in [1.54, 1.807) is 32.0 Å². The topological polar surface area (TPSA) is 163 Å². The summed E-state index contributed by atoms with van der Waals surface area (Å²) in [5.74, 6) is -1.05. The Bertz CT molecular complexity index is 863. The van der Waals surface area contributed by atoms with Crippen molar-refractivity contribution < 1.29 is 38.2 Å². The summed E-state index contributed by atoms with van der Waals surface area (Å²) in [6.45, 7) is 3.52. The maximum Gasteiger partial charge on any atom is 0.405 e. The molecule has 3 amide bonds. The van der Waals surface area contributed by atoms with Crippen molar-refractivity contribution >= 4 is 37.1 Å². The number of carboxylic acid groups (broad SMARTS) is 1. The van der Waals surface area contributed by atoms with Gasteiger partial charge in [-0.2, -0.15) is 0 Å². The molecule has 5 N–H and O–H groups in total. The fourth-order valence-electron chi connectivity index (χ4n) is 3.28. The van der Waals surface area contributed by atoms with E-state index < -0.39 is 43.7 Å². The summed E-state index contributed by atoms with van der Waals surface area (Å²) >= 11 is 5.97. The minimum absolute atomic E-state index is 0.154. The number of rotatable bonds is 17. The molecule has 0 bridgehead atoms. The lowest BCUT2D eigenvalue weighted by molar-refractivity contribution is -0.124. The molecule has 0 fully saturated rings. The van der Waals surface area contributed by atoms with Gasteiger partial charge in [-0.1, -0.05) is 23.7 Å². The van der Waals surface area contributed by atoms with Crippen LogP contribution in [0, 0.1) is 0 Å². The van der Waals surface area contributed by atoms with Crippen LogP contribution in [-0.2, 0) is 29.6 Å². The molecule has 1 rings (SSSR count). The number of aliphatic hydroxyl groups is 1. The molecule has 0 heterocycles. The second kappa shape index (κ2) is 16.5. The fourth-order valence-corrected chi connectivity index (χ4v) is 5.00. The van der Waals surface area contributed by atoms with Crippen molar-refractivity contribution in [3.8, 4) is 0 Å². The molecule has 2 atom stereocenters. The molecule has 0 saturated carbocycles. The van der Waals surface area contributed by atoms with Crippen LogP contribution in [0.5, 0.6) is 0 Å². The summed E-state index contributed by atoms with van der Waals surface area (Å²) in [5, 5.41) is 26.7. The third kappa shape index (κ3) is 12.9. The normalized spacial score (nSPS) is 13.0. The van der Waals surface area contributed by atoms with E-state index in [-0.39, 0.29) is 32.8 Å². The first-order valence-electron chi connectivity index (χ1n) is 11.4. The van der Waals surface area contributed by atoms with Gasteiger partial charge in [-0.3, -0.25) is 14.2 Å². The second-order valence-electron chi connectivity index (χ2n) is 7.67. The van der Waals surface area contributed by atoms with Gasteiger partial charge in [0.05, 0.1) is 25.9 Å². The van der Waals surface area contributed by atoms with Crippen molar-refractivity contribution in [2.24, 2.45) is 0 Å². The number of amides is 3. The largest absolute Gasteiger partial charge is 0.465 e. The maximum absolute atomic E-state index is 12.7. The number of unbranched alkanes of at least 4 members (excludes halogenated alkanes) is 1. The van der Waals surface area contributed by atoms with E-state index >= 15 is 0 Å². The lowest BCUT2D eigenvalue weighted by Crippen LogP contribution is -2.50. The van der Waals surface area contributed by atoms with E-state index in [4.69, 9.17) is 25.8 Å². The lowest BCUT2D eigenvalue weighted by Gasteiger charge is -2.22. The van der Waals surface area contributed by atoms with Crippen LogP contribution in [-0.4, -0.2) is 72.7 Å². The third-order valence-corrected chi connectivity index (χ3v) is 7.00. The highest BCUT2D eigenvalue weighted by Crippen LogP contribution is 2.47. The van der Waals surface area contributed by atoms with Crippen LogP contribution >= 0.6 is 19.2 Å². The number of nitrogens with one attached hydrogen (secondary N) is 3. The van der Waals surface area contributed by atoms with Gasteiger partial charge in [0.2, 0.25) is 11.8 Å². The first-order valence-corrected chi connectivity index (χ1v) is 13.5. The predicted molar refractivity (Wildman–Crippen MR) is 132 cm³/mol. The van der Waals surface area contributed by atoms with Gasteiger partial charge >= 0.3 is 13.7 Å². The van der Waals surface area contributed by atoms with Gasteiger partial charge in [-0.15, -0.1) is 0 Å². The highest BCUT2D eigenvalue weighted by Gasteiger charge is 2.27. The molecule has 11 nitrogen and oxygen atoms in total. The molecule has 0 aliphatic heterocycles. The lowest BCUT2D eigenvalue weighted by atomic mass is 10.0. The third-order valence-electron chi connectivity index (χ3n) is 4.78. The Kier molecular flexibility index (Phi) is 14.5. The van der Waals surface area contributed by atoms with Crippen LogP contribution < -0.4 is 16.0 Å². The molecular formula is C22H35ClN3O8P. The first-order chi connectivity index (χ1) is 16.6. The first kappa shape index (κ1) is 30.9. The number of aliphatic hydroxyl groups excluding tert-OH is 1. The zero-order valence-corrected chi connectivity index (χ0v) is 21.6. The highest BCUT2D eigenvalue weighted by atomic mass is 35.5. The van der Waals surface area contributed by atoms with Crippen molar-refractivity contribution in [2.75, 3.05) is 32.5 Å². The Morgan fingerprint density at radius 2 is 1.80 bits per heavy atom. The van der Waals surface area contributed by atoms with Crippen LogP contribution in [0.1, 0.15) is 38.7 Å². The molecule has 0 saturated heterocycles. The molecule has 1 aromatic carbocycles.